The number of rotatable bonds is 57. The van der Waals surface area contributed by atoms with E-state index in [0.717, 1.165) is 57.8 Å². The standard InChI is InChI=1S/C61H118O6/c1-4-7-10-13-16-19-22-25-27-29-31-33-36-39-42-45-48-51-54-60(63)66-57-58(56-65-59(62)53-50-47-44-41-38-35-24-21-18-15-12-9-6-3)67-61(64)55-52-49-46-43-40-37-34-32-30-28-26-23-20-17-14-11-8-5-2/h58H,4-57H2,1-3H3/t58-/m0/s1. The van der Waals surface area contributed by atoms with Crippen LogP contribution in [0.5, 0.6) is 0 Å². The lowest BCUT2D eigenvalue weighted by atomic mass is 10.0. The zero-order valence-corrected chi connectivity index (χ0v) is 45.7. The summed E-state index contributed by atoms with van der Waals surface area (Å²) >= 11 is 0. The van der Waals surface area contributed by atoms with E-state index in [0.29, 0.717) is 19.3 Å². The molecule has 6 heteroatoms. The van der Waals surface area contributed by atoms with Gasteiger partial charge in [0.05, 0.1) is 0 Å². The molecular formula is C61H118O6. The monoisotopic (exact) mass is 947 g/mol. The van der Waals surface area contributed by atoms with Crippen LogP contribution in [0.25, 0.3) is 0 Å². The van der Waals surface area contributed by atoms with Crippen molar-refractivity contribution in [1.29, 1.82) is 0 Å². The fourth-order valence-corrected chi connectivity index (χ4v) is 9.51. The van der Waals surface area contributed by atoms with Gasteiger partial charge < -0.3 is 14.2 Å². The van der Waals surface area contributed by atoms with Gasteiger partial charge in [0.2, 0.25) is 0 Å². The van der Waals surface area contributed by atoms with Crippen LogP contribution in [-0.4, -0.2) is 37.2 Å². The molecular weight excluding hydrogens is 829 g/mol. The summed E-state index contributed by atoms with van der Waals surface area (Å²) in [5.41, 5.74) is 0. The lowest BCUT2D eigenvalue weighted by Gasteiger charge is -2.18. The quantitative estimate of drug-likeness (QED) is 0.0343. The minimum absolute atomic E-state index is 0.0607. The third kappa shape index (κ3) is 55.2. The predicted molar refractivity (Wildman–Crippen MR) is 289 cm³/mol. The summed E-state index contributed by atoms with van der Waals surface area (Å²) in [5, 5.41) is 0. The second kappa shape index (κ2) is 57.0. The van der Waals surface area contributed by atoms with E-state index in [-0.39, 0.29) is 31.1 Å². The molecule has 0 radical (unpaired) electrons. The molecule has 0 heterocycles. The smallest absolute Gasteiger partial charge is 0.306 e. The third-order valence-electron chi connectivity index (χ3n) is 14.1. The Balaban J connectivity index is 4.27. The molecule has 0 N–H and O–H groups in total. The minimum Gasteiger partial charge on any atom is -0.462 e. The van der Waals surface area contributed by atoms with Crippen molar-refractivity contribution < 1.29 is 28.6 Å². The van der Waals surface area contributed by atoms with Crippen molar-refractivity contribution in [3.63, 3.8) is 0 Å². The van der Waals surface area contributed by atoms with E-state index in [1.807, 2.05) is 0 Å². The average Bonchev–Trinajstić information content (AvgIpc) is 3.33. The topological polar surface area (TPSA) is 78.9 Å². The van der Waals surface area contributed by atoms with Crippen molar-refractivity contribution in [1.82, 2.24) is 0 Å². The van der Waals surface area contributed by atoms with Gasteiger partial charge in [-0.25, -0.2) is 0 Å². The Hall–Kier alpha value is -1.59. The Bertz CT molecular complexity index is 998. The molecule has 0 aromatic rings. The maximum atomic E-state index is 12.9. The normalized spacial score (nSPS) is 11.9. The van der Waals surface area contributed by atoms with E-state index >= 15 is 0 Å². The van der Waals surface area contributed by atoms with Gasteiger partial charge in [-0.2, -0.15) is 0 Å². The van der Waals surface area contributed by atoms with Gasteiger partial charge in [0, 0.05) is 19.3 Å². The summed E-state index contributed by atoms with van der Waals surface area (Å²) in [6.45, 7) is 6.72. The first-order valence-corrected chi connectivity index (χ1v) is 30.5. The van der Waals surface area contributed by atoms with Crippen LogP contribution in [0.15, 0.2) is 0 Å². The number of carbonyl (C=O) groups excluding carboxylic acids is 3. The van der Waals surface area contributed by atoms with E-state index in [1.54, 1.807) is 0 Å². The molecule has 0 fully saturated rings. The van der Waals surface area contributed by atoms with Crippen LogP contribution in [0.2, 0.25) is 0 Å². The molecule has 0 rings (SSSR count). The van der Waals surface area contributed by atoms with Crippen molar-refractivity contribution in [2.24, 2.45) is 0 Å². The Morgan fingerprint density at radius 3 is 0.597 bits per heavy atom. The van der Waals surface area contributed by atoms with Crippen LogP contribution in [0.3, 0.4) is 0 Å². The molecule has 1 atom stereocenters. The molecule has 0 bridgehead atoms. The lowest BCUT2D eigenvalue weighted by molar-refractivity contribution is -0.167. The Morgan fingerprint density at radius 1 is 0.239 bits per heavy atom. The van der Waals surface area contributed by atoms with Gasteiger partial charge in [0.25, 0.3) is 0 Å². The van der Waals surface area contributed by atoms with Crippen LogP contribution >= 0.6 is 0 Å². The number of unbranched alkanes of at least 4 members (excludes halogenated alkanes) is 46. The van der Waals surface area contributed by atoms with Crippen LogP contribution in [-0.2, 0) is 28.6 Å². The maximum Gasteiger partial charge on any atom is 0.306 e. The van der Waals surface area contributed by atoms with E-state index in [2.05, 4.69) is 20.8 Å². The summed E-state index contributed by atoms with van der Waals surface area (Å²) in [4.78, 5) is 38.2. The highest BCUT2D eigenvalue weighted by molar-refractivity contribution is 5.71. The molecule has 0 unspecified atom stereocenters. The summed E-state index contributed by atoms with van der Waals surface area (Å²) < 4.78 is 16.9. The van der Waals surface area contributed by atoms with Crippen molar-refractivity contribution in [3.8, 4) is 0 Å². The Kier molecular flexibility index (Phi) is 55.6. The van der Waals surface area contributed by atoms with Crippen molar-refractivity contribution in [3.05, 3.63) is 0 Å². The molecule has 0 aromatic carbocycles. The molecule has 0 saturated heterocycles. The molecule has 398 valence electrons. The molecule has 0 aliphatic heterocycles. The second-order valence-electron chi connectivity index (χ2n) is 21.0. The van der Waals surface area contributed by atoms with Gasteiger partial charge in [0.1, 0.15) is 13.2 Å². The number of esters is 3. The van der Waals surface area contributed by atoms with Crippen molar-refractivity contribution in [2.75, 3.05) is 13.2 Å². The largest absolute Gasteiger partial charge is 0.462 e. The molecule has 0 saturated carbocycles. The summed E-state index contributed by atoms with van der Waals surface area (Å²) in [6.07, 6.45) is 63.8. The van der Waals surface area contributed by atoms with Crippen LogP contribution in [0, 0.1) is 0 Å². The predicted octanol–water partition coefficient (Wildman–Crippen LogP) is 20.3. The van der Waals surface area contributed by atoms with E-state index in [4.69, 9.17) is 14.2 Å². The summed E-state index contributed by atoms with van der Waals surface area (Å²) in [6, 6.07) is 0. The zero-order valence-electron chi connectivity index (χ0n) is 45.7. The number of hydrogen-bond acceptors (Lipinski definition) is 6. The van der Waals surface area contributed by atoms with Crippen LogP contribution < -0.4 is 0 Å². The van der Waals surface area contributed by atoms with Crippen LogP contribution in [0.4, 0.5) is 0 Å². The van der Waals surface area contributed by atoms with Gasteiger partial charge in [-0.15, -0.1) is 0 Å². The Morgan fingerprint density at radius 2 is 0.403 bits per heavy atom. The molecule has 6 nitrogen and oxygen atoms in total. The lowest BCUT2D eigenvalue weighted by Crippen LogP contribution is -2.30. The molecule has 0 aromatic heterocycles. The third-order valence-corrected chi connectivity index (χ3v) is 14.1. The number of hydrogen-bond donors (Lipinski definition) is 0. The minimum atomic E-state index is -0.761. The second-order valence-corrected chi connectivity index (χ2v) is 21.0. The molecule has 0 amide bonds. The van der Waals surface area contributed by atoms with Gasteiger partial charge in [-0.05, 0) is 19.3 Å². The number of ether oxygens (including phenoxy) is 3. The SMILES string of the molecule is CCCCCCCCCCCCCCCCCCCCC(=O)OC[C@H](COC(=O)CCCCCCCCCCCCCCC)OC(=O)CCCCCCCCCCCCCCCCCCCC. The van der Waals surface area contributed by atoms with Crippen LogP contribution in [0.1, 0.15) is 355 Å². The van der Waals surface area contributed by atoms with Gasteiger partial charge in [-0.1, -0.05) is 316 Å². The summed E-state index contributed by atoms with van der Waals surface area (Å²) in [7, 11) is 0. The molecule has 0 aliphatic carbocycles. The Labute approximate surface area is 418 Å². The zero-order chi connectivity index (χ0) is 48.6. The van der Waals surface area contributed by atoms with Crippen molar-refractivity contribution >= 4 is 17.9 Å². The fourth-order valence-electron chi connectivity index (χ4n) is 9.51. The first-order valence-electron chi connectivity index (χ1n) is 30.5. The van der Waals surface area contributed by atoms with Gasteiger partial charge in [0.15, 0.2) is 6.10 Å². The van der Waals surface area contributed by atoms with Crippen molar-refractivity contribution in [2.45, 2.75) is 361 Å². The molecule has 0 aliphatic rings. The fraction of sp³-hybridized carbons (Fsp3) is 0.951. The highest BCUT2D eigenvalue weighted by Crippen LogP contribution is 2.18. The van der Waals surface area contributed by atoms with E-state index in [9.17, 15) is 14.4 Å². The van der Waals surface area contributed by atoms with E-state index in [1.165, 1.54) is 257 Å². The maximum absolute atomic E-state index is 12.9. The number of carbonyl (C=O) groups is 3. The first kappa shape index (κ1) is 65.4. The van der Waals surface area contributed by atoms with E-state index < -0.39 is 6.10 Å². The molecule has 67 heavy (non-hydrogen) atoms. The van der Waals surface area contributed by atoms with Gasteiger partial charge >= 0.3 is 17.9 Å². The summed E-state index contributed by atoms with van der Waals surface area (Å²) in [5.74, 6) is -0.828. The first-order chi connectivity index (χ1) is 33.0. The highest BCUT2D eigenvalue weighted by Gasteiger charge is 2.19. The average molecular weight is 948 g/mol. The van der Waals surface area contributed by atoms with Gasteiger partial charge in [-0.3, -0.25) is 14.4 Å². The molecule has 0 spiro atoms. The highest BCUT2D eigenvalue weighted by atomic mass is 16.6.